The first-order valence-corrected chi connectivity index (χ1v) is 6.75. The Hall–Kier alpha value is -2.88. The monoisotopic (exact) mass is 296 g/mol. The van der Waals surface area contributed by atoms with Crippen LogP contribution >= 0.6 is 0 Å². The van der Waals surface area contributed by atoms with Crippen LogP contribution in [0.4, 0.5) is 20.2 Å². The lowest BCUT2D eigenvalue weighted by Crippen LogP contribution is -1.92. The van der Waals surface area contributed by atoms with Gasteiger partial charge in [-0.3, -0.25) is 0 Å². The summed E-state index contributed by atoms with van der Waals surface area (Å²) in [5.41, 5.74) is 15.9. The van der Waals surface area contributed by atoms with Gasteiger partial charge >= 0.3 is 0 Å². The minimum atomic E-state index is -0.886. The molecule has 0 unspecified atom stereocenters. The Bertz CT molecular complexity index is 827. The van der Waals surface area contributed by atoms with Gasteiger partial charge in [-0.25, -0.2) is 8.78 Å². The van der Waals surface area contributed by atoms with Crippen LogP contribution in [-0.2, 0) is 0 Å². The molecule has 4 heteroatoms. The van der Waals surface area contributed by atoms with E-state index < -0.39 is 11.6 Å². The van der Waals surface area contributed by atoms with Crippen molar-refractivity contribution in [2.24, 2.45) is 0 Å². The maximum Gasteiger partial charge on any atom is 0.159 e. The lowest BCUT2D eigenvalue weighted by Gasteiger charge is -2.12. The summed E-state index contributed by atoms with van der Waals surface area (Å²) in [6, 6.07) is 16.5. The first kappa shape index (κ1) is 14.1. The highest BCUT2D eigenvalue weighted by Crippen LogP contribution is 2.34. The van der Waals surface area contributed by atoms with Crippen molar-refractivity contribution in [2.45, 2.75) is 0 Å². The van der Waals surface area contributed by atoms with Gasteiger partial charge in [0.2, 0.25) is 0 Å². The minimum absolute atomic E-state index is 0.555. The molecule has 22 heavy (non-hydrogen) atoms. The van der Waals surface area contributed by atoms with Crippen LogP contribution in [0.15, 0.2) is 60.7 Å². The first-order valence-electron chi connectivity index (χ1n) is 6.75. The molecule has 0 saturated heterocycles. The Balaban J connectivity index is 2.19. The minimum Gasteiger partial charge on any atom is -0.399 e. The summed E-state index contributed by atoms with van der Waals surface area (Å²) in [7, 11) is 0. The van der Waals surface area contributed by atoms with Gasteiger partial charge in [-0.15, -0.1) is 0 Å². The molecule has 0 atom stereocenters. The number of benzene rings is 3. The van der Waals surface area contributed by atoms with E-state index in [1.165, 1.54) is 12.1 Å². The standard InChI is InChI=1S/C18H14F2N2/c19-17-8-3-12(9-18(17)20)16-10-14(22)6-7-15(16)11-1-4-13(21)5-2-11/h1-10H,21-22H2. The predicted molar refractivity (Wildman–Crippen MR) is 86.1 cm³/mol. The molecule has 0 amide bonds. The van der Waals surface area contributed by atoms with Crippen LogP contribution in [0.1, 0.15) is 0 Å². The second-order valence-corrected chi connectivity index (χ2v) is 5.06. The average molecular weight is 296 g/mol. The van der Waals surface area contributed by atoms with Crippen LogP contribution in [0, 0.1) is 11.6 Å². The fourth-order valence-electron chi connectivity index (χ4n) is 2.38. The van der Waals surface area contributed by atoms with Crippen molar-refractivity contribution >= 4 is 11.4 Å². The Labute approximate surface area is 127 Å². The van der Waals surface area contributed by atoms with E-state index in [0.29, 0.717) is 16.9 Å². The molecule has 0 aliphatic heterocycles. The van der Waals surface area contributed by atoms with E-state index in [9.17, 15) is 8.78 Å². The van der Waals surface area contributed by atoms with Crippen LogP contribution in [0.25, 0.3) is 22.3 Å². The highest BCUT2D eigenvalue weighted by Gasteiger charge is 2.11. The van der Waals surface area contributed by atoms with Crippen molar-refractivity contribution < 1.29 is 8.78 Å². The van der Waals surface area contributed by atoms with Crippen molar-refractivity contribution in [1.29, 1.82) is 0 Å². The molecule has 4 N–H and O–H groups in total. The molecule has 3 aromatic rings. The van der Waals surface area contributed by atoms with Gasteiger partial charge in [0.15, 0.2) is 11.6 Å². The molecule has 3 aromatic carbocycles. The molecule has 0 aliphatic carbocycles. The zero-order valence-corrected chi connectivity index (χ0v) is 11.7. The highest BCUT2D eigenvalue weighted by molar-refractivity contribution is 5.85. The largest absolute Gasteiger partial charge is 0.399 e. The summed E-state index contributed by atoms with van der Waals surface area (Å²) in [5, 5.41) is 0. The third kappa shape index (κ3) is 2.63. The van der Waals surface area contributed by atoms with Gasteiger partial charge in [0.1, 0.15) is 0 Å². The second-order valence-electron chi connectivity index (χ2n) is 5.06. The quantitative estimate of drug-likeness (QED) is 0.686. The Kier molecular flexibility index (Phi) is 3.51. The summed E-state index contributed by atoms with van der Waals surface area (Å²) in [6.45, 7) is 0. The third-order valence-electron chi connectivity index (χ3n) is 3.50. The number of rotatable bonds is 2. The number of hydrogen-bond donors (Lipinski definition) is 2. The molecule has 110 valence electrons. The number of nitrogens with two attached hydrogens (primary N) is 2. The van der Waals surface area contributed by atoms with E-state index in [1.807, 2.05) is 18.2 Å². The summed E-state index contributed by atoms with van der Waals surface area (Å²) in [6.07, 6.45) is 0. The van der Waals surface area contributed by atoms with E-state index in [-0.39, 0.29) is 0 Å². The van der Waals surface area contributed by atoms with Crippen molar-refractivity contribution in [1.82, 2.24) is 0 Å². The number of anilines is 2. The number of nitrogen functional groups attached to an aromatic ring is 2. The van der Waals surface area contributed by atoms with E-state index in [4.69, 9.17) is 11.5 Å². The van der Waals surface area contributed by atoms with Crippen molar-refractivity contribution in [3.63, 3.8) is 0 Å². The van der Waals surface area contributed by atoms with E-state index >= 15 is 0 Å². The molecule has 0 heterocycles. The van der Waals surface area contributed by atoms with Gasteiger partial charge in [0, 0.05) is 11.4 Å². The molecule has 2 nitrogen and oxygen atoms in total. The zero-order chi connectivity index (χ0) is 15.7. The van der Waals surface area contributed by atoms with Crippen LogP contribution in [-0.4, -0.2) is 0 Å². The maximum absolute atomic E-state index is 13.5. The Morgan fingerprint density at radius 3 is 1.86 bits per heavy atom. The molecule has 0 spiro atoms. The number of halogens is 2. The fourth-order valence-corrected chi connectivity index (χ4v) is 2.38. The molecule has 0 fully saturated rings. The average Bonchev–Trinajstić information content (AvgIpc) is 2.51. The van der Waals surface area contributed by atoms with Gasteiger partial charge < -0.3 is 11.5 Å². The molecule has 0 aromatic heterocycles. The normalized spacial score (nSPS) is 10.6. The summed E-state index contributed by atoms with van der Waals surface area (Å²) >= 11 is 0. The van der Waals surface area contributed by atoms with Gasteiger partial charge in [-0.05, 0) is 58.7 Å². The first-order chi connectivity index (χ1) is 10.5. The van der Waals surface area contributed by atoms with Crippen LogP contribution in [0.3, 0.4) is 0 Å². The topological polar surface area (TPSA) is 52.0 Å². The maximum atomic E-state index is 13.5. The molecule has 0 aliphatic rings. The summed E-state index contributed by atoms with van der Waals surface area (Å²) < 4.78 is 26.7. The third-order valence-corrected chi connectivity index (χ3v) is 3.50. The number of hydrogen-bond acceptors (Lipinski definition) is 2. The van der Waals surface area contributed by atoms with Crippen molar-refractivity contribution in [3.05, 3.63) is 72.3 Å². The Morgan fingerprint density at radius 2 is 1.18 bits per heavy atom. The van der Waals surface area contributed by atoms with E-state index in [0.717, 1.165) is 22.8 Å². The fraction of sp³-hybridized carbons (Fsp3) is 0. The van der Waals surface area contributed by atoms with E-state index in [1.54, 1.807) is 24.3 Å². The van der Waals surface area contributed by atoms with E-state index in [2.05, 4.69) is 0 Å². The van der Waals surface area contributed by atoms with Gasteiger partial charge in [0.25, 0.3) is 0 Å². The lowest BCUT2D eigenvalue weighted by atomic mass is 9.94. The lowest BCUT2D eigenvalue weighted by molar-refractivity contribution is 0.509. The van der Waals surface area contributed by atoms with Crippen LogP contribution < -0.4 is 11.5 Å². The van der Waals surface area contributed by atoms with Crippen molar-refractivity contribution in [3.8, 4) is 22.3 Å². The molecule has 3 rings (SSSR count). The molecule has 0 bridgehead atoms. The Morgan fingerprint density at radius 1 is 0.545 bits per heavy atom. The smallest absolute Gasteiger partial charge is 0.159 e. The van der Waals surface area contributed by atoms with Crippen LogP contribution in [0.5, 0.6) is 0 Å². The van der Waals surface area contributed by atoms with Gasteiger partial charge in [0.05, 0.1) is 0 Å². The molecule has 0 saturated carbocycles. The molecular weight excluding hydrogens is 282 g/mol. The van der Waals surface area contributed by atoms with Gasteiger partial charge in [-0.2, -0.15) is 0 Å². The summed E-state index contributed by atoms with van der Waals surface area (Å²) in [4.78, 5) is 0. The molecule has 0 radical (unpaired) electrons. The van der Waals surface area contributed by atoms with Crippen LogP contribution in [0.2, 0.25) is 0 Å². The molecular formula is C18H14F2N2. The SMILES string of the molecule is Nc1ccc(-c2ccc(N)cc2-c2ccc(F)c(F)c2)cc1. The second kappa shape index (κ2) is 5.48. The zero-order valence-electron chi connectivity index (χ0n) is 11.7. The highest BCUT2D eigenvalue weighted by atomic mass is 19.2. The van der Waals surface area contributed by atoms with Gasteiger partial charge in [-0.1, -0.05) is 24.3 Å². The van der Waals surface area contributed by atoms with Crippen molar-refractivity contribution in [2.75, 3.05) is 11.5 Å². The predicted octanol–water partition coefficient (Wildman–Crippen LogP) is 4.46. The summed E-state index contributed by atoms with van der Waals surface area (Å²) in [5.74, 6) is -1.76.